The lowest BCUT2D eigenvalue weighted by atomic mass is 9.61. The van der Waals surface area contributed by atoms with Crippen LogP contribution in [0.1, 0.15) is 76.3 Å². The summed E-state index contributed by atoms with van der Waals surface area (Å²) < 4.78 is 0. The minimum Gasteiger partial charge on any atom is -0.348 e. The highest BCUT2D eigenvalue weighted by Gasteiger charge is 2.37. The zero-order valence-electron chi connectivity index (χ0n) is 11.6. The van der Waals surface area contributed by atoms with E-state index < -0.39 is 0 Å². The van der Waals surface area contributed by atoms with Crippen molar-refractivity contribution in [2.45, 2.75) is 70.6 Å². The molecule has 100 valence electrons. The van der Waals surface area contributed by atoms with Gasteiger partial charge in [-0.05, 0) is 49.9 Å². The van der Waals surface area contributed by atoms with Crippen LogP contribution in [0.25, 0.3) is 0 Å². The number of H-pyrrole nitrogens is 1. The van der Waals surface area contributed by atoms with Crippen molar-refractivity contribution in [3.63, 3.8) is 0 Å². The van der Waals surface area contributed by atoms with Gasteiger partial charge in [-0.3, -0.25) is 0 Å². The van der Waals surface area contributed by atoms with Crippen LogP contribution >= 0.6 is 0 Å². The molecule has 1 heterocycles. The Morgan fingerprint density at radius 2 is 1.89 bits per heavy atom. The molecule has 2 fully saturated rings. The van der Waals surface area contributed by atoms with Gasteiger partial charge in [-0.1, -0.05) is 26.2 Å². The van der Waals surface area contributed by atoms with Gasteiger partial charge >= 0.3 is 0 Å². The quantitative estimate of drug-likeness (QED) is 0.808. The van der Waals surface area contributed by atoms with E-state index in [1.165, 1.54) is 63.5 Å². The van der Waals surface area contributed by atoms with Gasteiger partial charge in [0.1, 0.15) is 0 Å². The molecule has 2 saturated carbocycles. The molecule has 2 aliphatic carbocycles. The van der Waals surface area contributed by atoms with E-state index in [1.807, 2.05) is 12.5 Å². The first-order chi connectivity index (χ1) is 8.79. The number of aromatic amines is 1. The molecule has 0 bridgehead atoms. The smallest absolute Gasteiger partial charge is 0.0921 e. The Hall–Kier alpha value is -0.790. The second-order valence-electron chi connectivity index (χ2n) is 6.69. The van der Waals surface area contributed by atoms with Crippen molar-refractivity contribution in [1.29, 1.82) is 0 Å². The standard InChI is InChI=1S/C16H26N2/c1-13(15-11-17-12-18-15)14-5-9-16(10-6-14)7-3-2-4-8-16/h11-14H,2-10H2,1H3,(H,17,18). The van der Waals surface area contributed by atoms with E-state index in [0.29, 0.717) is 5.92 Å². The summed E-state index contributed by atoms with van der Waals surface area (Å²) >= 11 is 0. The Kier molecular flexibility index (Phi) is 3.45. The number of rotatable bonds is 2. The topological polar surface area (TPSA) is 28.7 Å². The molecule has 0 amide bonds. The summed E-state index contributed by atoms with van der Waals surface area (Å²) in [5.41, 5.74) is 2.09. The summed E-state index contributed by atoms with van der Waals surface area (Å²) in [6.45, 7) is 2.37. The molecule has 1 N–H and O–H groups in total. The summed E-state index contributed by atoms with van der Waals surface area (Å²) in [4.78, 5) is 7.46. The fourth-order valence-corrected chi connectivity index (χ4v) is 4.32. The normalized spacial score (nSPS) is 26.3. The third-order valence-corrected chi connectivity index (χ3v) is 5.72. The molecule has 1 aromatic heterocycles. The summed E-state index contributed by atoms with van der Waals surface area (Å²) in [7, 11) is 0. The monoisotopic (exact) mass is 246 g/mol. The lowest BCUT2D eigenvalue weighted by Crippen LogP contribution is -2.31. The molecule has 0 aromatic carbocycles. The molecule has 18 heavy (non-hydrogen) atoms. The maximum Gasteiger partial charge on any atom is 0.0921 e. The first kappa shape index (κ1) is 12.3. The van der Waals surface area contributed by atoms with Gasteiger partial charge in [0, 0.05) is 17.8 Å². The molecule has 0 aliphatic heterocycles. The minimum atomic E-state index is 0.661. The van der Waals surface area contributed by atoms with Crippen molar-refractivity contribution in [3.05, 3.63) is 18.2 Å². The second-order valence-corrected chi connectivity index (χ2v) is 6.69. The predicted octanol–water partition coefficient (Wildman–Crippen LogP) is 4.65. The van der Waals surface area contributed by atoms with Crippen molar-refractivity contribution >= 4 is 0 Å². The Morgan fingerprint density at radius 3 is 2.50 bits per heavy atom. The Morgan fingerprint density at radius 1 is 1.17 bits per heavy atom. The second kappa shape index (κ2) is 5.07. The van der Waals surface area contributed by atoms with Gasteiger partial charge < -0.3 is 4.98 Å². The maximum atomic E-state index is 4.17. The zero-order valence-corrected chi connectivity index (χ0v) is 11.6. The van der Waals surface area contributed by atoms with Crippen LogP contribution in [0.2, 0.25) is 0 Å². The molecule has 2 aliphatic rings. The largest absolute Gasteiger partial charge is 0.348 e. The van der Waals surface area contributed by atoms with Crippen LogP contribution in [-0.4, -0.2) is 9.97 Å². The van der Waals surface area contributed by atoms with Crippen LogP contribution in [0.15, 0.2) is 12.5 Å². The van der Waals surface area contributed by atoms with E-state index >= 15 is 0 Å². The molecule has 2 nitrogen and oxygen atoms in total. The number of hydrogen-bond acceptors (Lipinski definition) is 1. The van der Waals surface area contributed by atoms with Crippen LogP contribution in [0.4, 0.5) is 0 Å². The van der Waals surface area contributed by atoms with Crippen LogP contribution in [-0.2, 0) is 0 Å². The van der Waals surface area contributed by atoms with Gasteiger partial charge in [0.15, 0.2) is 0 Å². The van der Waals surface area contributed by atoms with Crippen LogP contribution in [0.5, 0.6) is 0 Å². The number of nitrogens with one attached hydrogen (secondary N) is 1. The van der Waals surface area contributed by atoms with Crippen molar-refractivity contribution in [2.24, 2.45) is 11.3 Å². The predicted molar refractivity (Wildman–Crippen MR) is 74.5 cm³/mol. The summed E-state index contributed by atoms with van der Waals surface area (Å²) in [6, 6.07) is 0. The molecule has 0 saturated heterocycles. The average molecular weight is 246 g/mol. The highest BCUT2D eigenvalue weighted by molar-refractivity contribution is 5.05. The first-order valence-electron chi connectivity index (χ1n) is 7.77. The molecule has 2 heteroatoms. The van der Waals surface area contributed by atoms with Gasteiger partial charge in [0.05, 0.1) is 6.33 Å². The highest BCUT2D eigenvalue weighted by atomic mass is 14.9. The molecule has 3 rings (SSSR count). The van der Waals surface area contributed by atoms with Crippen LogP contribution in [0, 0.1) is 11.3 Å². The molecular formula is C16H26N2. The fourth-order valence-electron chi connectivity index (χ4n) is 4.32. The van der Waals surface area contributed by atoms with Crippen molar-refractivity contribution in [3.8, 4) is 0 Å². The Balaban J connectivity index is 1.59. The van der Waals surface area contributed by atoms with Crippen molar-refractivity contribution in [1.82, 2.24) is 9.97 Å². The number of hydrogen-bond donors (Lipinski definition) is 1. The van der Waals surface area contributed by atoms with Crippen molar-refractivity contribution in [2.75, 3.05) is 0 Å². The third-order valence-electron chi connectivity index (χ3n) is 5.72. The van der Waals surface area contributed by atoms with E-state index in [4.69, 9.17) is 0 Å². The van der Waals surface area contributed by atoms with Crippen LogP contribution < -0.4 is 0 Å². The average Bonchev–Trinajstić information content (AvgIpc) is 2.94. The van der Waals surface area contributed by atoms with E-state index in [1.54, 1.807) is 0 Å². The molecule has 1 spiro atoms. The number of nitrogens with zero attached hydrogens (tertiary/aromatic N) is 1. The number of aromatic nitrogens is 2. The van der Waals surface area contributed by atoms with Gasteiger partial charge in [0.25, 0.3) is 0 Å². The van der Waals surface area contributed by atoms with E-state index in [9.17, 15) is 0 Å². The van der Waals surface area contributed by atoms with Gasteiger partial charge in [-0.2, -0.15) is 0 Å². The maximum absolute atomic E-state index is 4.17. The van der Waals surface area contributed by atoms with Gasteiger partial charge in [-0.25, -0.2) is 4.98 Å². The summed E-state index contributed by atoms with van der Waals surface area (Å²) in [5, 5.41) is 0. The lowest BCUT2D eigenvalue weighted by molar-refractivity contribution is 0.0899. The number of imidazole rings is 1. The Labute approximate surface area is 111 Å². The van der Waals surface area contributed by atoms with Gasteiger partial charge in [0.2, 0.25) is 0 Å². The fraction of sp³-hybridized carbons (Fsp3) is 0.812. The highest BCUT2D eigenvalue weighted by Crippen LogP contribution is 2.50. The Bertz CT molecular complexity index is 352. The van der Waals surface area contributed by atoms with E-state index in [2.05, 4.69) is 16.9 Å². The summed E-state index contributed by atoms with van der Waals surface area (Å²) in [5.74, 6) is 1.53. The molecule has 1 aromatic rings. The minimum absolute atomic E-state index is 0.661. The SMILES string of the molecule is CC(c1cnc[nH]1)C1CCC2(CCCCC2)CC1. The lowest BCUT2D eigenvalue weighted by Gasteiger charge is -2.44. The van der Waals surface area contributed by atoms with E-state index in [0.717, 1.165) is 11.3 Å². The summed E-state index contributed by atoms with van der Waals surface area (Å²) in [6.07, 6.45) is 17.1. The molecule has 1 atom stereocenters. The molecular weight excluding hydrogens is 220 g/mol. The molecule has 0 radical (unpaired) electrons. The van der Waals surface area contributed by atoms with E-state index in [-0.39, 0.29) is 0 Å². The zero-order chi connectivity index (χ0) is 12.4. The third kappa shape index (κ3) is 2.34. The van der Waals surface area contributed by atoms with Crippen molar-refractivity contribution < 1.29 is 0 Å². The first-order valence-corrected chi connectivity index (χ1v) is 7.77. The molecule has 1 unspecified atom stereocenters. The van der Waals surface area contributed by atoms with Gasteiger partial charge in [-0.15, -0.1) is 0 Å². The van der Waals surface area contributed by atoms with Crippen LogP contribution in [0.3, 0.4) is 0 Å².